The molecule has 0 aliphatic heterocycles. The maximum absolute atomic E-state index is 5.34. The minimum Gasteiger partial charge on any atom is -0.497 e. The van der Waals surface area contributed by atoms with Crippen LogP contribution in [0.25, 0.3) is 30.9 Å². The number of thiophene rings is 1. The van der Waals surface area contributed by atoms with Crippen molar-refractivity contribution >= 4 is 58.2 Å². The van der Waals surface area contributed by atoms with Gasteiger partial charge in [-0.3, -0.25) is 0 Å². The molecule has 4 rings (SSSR count). The summed E-state index contributed by atoms with van der Waals surface area (Å²) in [6, 6.07) is 17.2. The highest BCUT2D eigenvalue weighted by molar-refractivity contribution is 9.10. The minimum absolute atomic E-state index is 0.909. The van der Waals surface area contributed by atoms with Gasteiger partial charge in [0.2, 0.25) is 0 Å². The van der Waals surface area contributed by atoms with Crippen LogP contribution in [0.3, 0.4) is 0 Å². The number of halogens is 1. The van der Waals surface area contributed by atoms with Gasteiger partial charge in [-0.2, -0.15) is 0 Å². The molecule has 3 heteroatoms. The van der Waals surface area contributed by atoms with Gasteiger partial charge >= 0.3 is 0 Å². The predicted molar refractivity (Wildman–Crippen MR) is 91.1 cm³/mol. The first-order valence-corrected chi connectivity index (χ1v) is 7.95. The fourth-order valence-electron chi connectivity index (χ4n) is 2.60. The number of methoxy groups -OCH3 is 1. The monoisotopic (exact) mass is 342 g/mol. The van der Waals surface area contributed by atoms with Gasteiger partial charge in [0.05, 0.1) is 7.11 Å². The highest BCUT2D eigenvalue weighted by Gasteiger charge is 2.08. The molecule has 0 saturated carbocycles. The quantitative estimate of drug-likeness (QED) is 0.413. The molecule has 4 aromatic rings. The van der Waals surface area contributed by atoms with Gasteiger partial charge < -0.3 is 4.74 Å². The average Bonchev–Trinajstić information content (AvgIpc) is 2.81. The topological polar surface area (TPSA) is 9.23 Å². The summed E-state index contributed by atoms with van der Waals surface area (Å²) in [6.07, 6.45) is 0. The van der Waals surface area contributed by atoms with E-state index >= 15 is 0 Å². The molecule has 0 radical (unpaired) electrons. The lowest BCUT2D eigenvalue weighted by molar-refractivity contribution is 0.415. The molecule has 0 aliphatic rings. The van der Waals surface area contributed by atoms with Gasteiger partial charge in [-0.1, -0.05) is 22.0 Å². The van der Waals surface area contributed by atoms with Crippen molar-refractivity contribution in [2.45, 2.75) is 0 Å². The second-order valence-electron chi connectivity index (χ2n) is 4.80. The number of rotatable bonds is 1. The van der Waals surface area contributed by atoms with E-state index < -0.39 is 0 Å². The molecule has 0 atom stereocenters. The van der Waals surface area contributed by atoms with Crippen molar-refractivity contribution < 1.29 is 4.74 Å². The van der Waals surface area contributed by atoms with Gasteiger partial charge in [-0.05, 0) is 53.2 Å². The zero-order chi connectivity index (χ0) is 13.7. The Labute approximate surface area is 128 Å². The van der Waals surface area contributed by atoms with Crippen LogP contribution in [0.2, 0.25) is 0 Å². The third-order valence-electron chi connectivity index (χ3n) is 3.60. The van der Waals surface area contributed by atoms with Crippen LogP contribution < -0.4 is 4.74 Å². The molecule has 0 bridgehead atoms. The van der Waals surface area contributed by atoms with E-state index in [0.717, 1.165) is 10.2 Å². The Morgan fingerprint density at radius 3 is 2.55 bits per heavy atom. The maximum atomic E-state index is 5.34. The molecular formula is C17H11BrOS. The SMILES string of the molecule is COc1ccc2sc3cc4ccc(Br)cc4cc3c2c1. The second kappa shape index (κ2) is 4.47. The molecule has 0 saturated heterocycles. The number of hydrogen-bond acceptors (Lipinski definition) is 2. The fraction of sp³-hybridized carbons (Fsp3) is 0.0588. The molecule has 0 unspecified atom stereocenters. The van der Waals surface area contributed by atoms with Crippen molar-refractivity contribution in [1.82, 2.24) is 0 Å². The van der Waals surface area contributed by atoms with Crippen molar-refractivity contribution in [3.63, 3.8) is 0 Å². The summed E-state index contributed by atoms with van der Waals surface area (Å²) >= 11 is 5.37. The van der Waals surface area contributed by atoms with E-state index in [0.29, 0.717) is 0 Å². The minimum atomic E-state index is 0.909. The molecule has 0 spiro atoms. The molecule has 20 heavy (non-hydrogen) atoms. The largest absolute Gasteiger partial charge is 0.497 e. The molecule has 0 fully saturated rings. The van der Waals surface area contributed by atoms with Crippen LogP contribution in [0.5, 0.6) is 5.75 Å². The van der Waals surface area contributed by atoms with Crippen LogP contribution in [-0.4, -0.2) is 7.11 Å². The van der Waals surface area contributed by atoms with Crippen LogP contribution in [0.15, 0.2) is 53.0 Å². The first-order valence-electron chi connectivity index (χ1n) is 6.34. The van der Waals surface area contributed by atoms with Gasteiger partial charge in [0.25, 0.3) is 0 Å². The van der Waals surface area contributed by atoms with Crippen molar-refractivity contribution in [3.05, 3.63) is 53.0 Å². The van der Waals surface area contributed by atoms with Crippen LogP contribution in [0.4, 0.5) is 0 Å². The third-order valence-corrected chi connectivity index (χ3v) is 5.22. The number of fused-ring (bicyclic) bond motifs is 4. The van der Waals surface area contributed by atoms with Gasteiger partial charge in [-0.25, -0.2) is 0 Å². The number of hydrogen-bond donors (Lipinski definition) is 0. The van der Waals surface area contributed by atoms with Crippen molar-refractivity contribution in [3.8, 4) is 5.75 Å². The third kappa shape index (κ3) is 1.81. The Balaban J connectivity index is 2.15. The summed E-state index contributed by atoms with van der Waals surface area (Å²) < 4.78 is 9.08. The highest BCUT2D eigenvalue weighted by atomic mass is 79.9. The Kier molecular flexibility index (Phi) is 2.72. The zero-order valence-corrected chi connectivity index (χ0v) is 13.2. The molecule has 98 valence electrons. The van der Waals surface area contributed by atoms with E-state index in [1.165, 1.54) is 30.9 Å². The van der Waals surface area contributed by atoms with Crippen LogP contribution in [0, 0.1) is 0 Å². The van der Waals surface area contributed by atoms with Crippen LogP contribution >= 0.6 is 27.3 Å². The molecule has 1 nitrogen and oxygen atoms in total. The molecule has 3 aromatic carbocycles. The van der Waals surface area contributed by atoms with Crippen molar-refractivity contribution in [2.75, 3.05) is 7.11 Å². The van der Waals surface area contributed by atoms with Crippen molar-refractivity contribution in [1.29, 1.82) is 0 Å². The normalized spacial score (nSPS) is 11.5. The molecule has 1 heterocycles. The summed E-state index contributed by atoms with van der Waals surface area (Å²) in [5.74, 6) is 0.909. The fourth-order valence-corrected chi connectivity index (χ4v) is 4.09. The van der Waals surface area contributed by atoms with Gasteiger partial charge in [-0.15, -0.1) is 11.3 Å². The van der Waals surface area contributed by atoms with Gasteiger partial charge in [0, 0.05) is 24.6 Å². The molecular weight excluding hydrogens is 332 g/mol. The van der Waals surface area contributed by atoms with Crippen LogP contribution in [-0.2, 0) is 0 Å². The summed E-state index contributed by atoms with van der Waals surface area (Å²) in [6.45, 7) is 0. The van der Waals surface area contributed by atoms with E-state index in [1.54, 1.807) is 7.11 Å². The predicted octanol–water partition coefficient (Wildman–Crippen LogP) is 5.98. The van der Waals surface area contributed by atoms with E-state index in [4.69, 9.17) is 4.74 Å². The summed E-state index contributed by atoms with van der Waals surface area (Å²) in [5, 5.41) is 5.11. The Hall–Kier alpha value is -1.58. The van der Waals surface area contributed by atoms with E-state index in [1.807, 2.05) is 17.4 Å². The van der Waals surface area contributed by atoms with Gasteiger partial charge in [0.1, 0.15) is 5.75 Å². The lowest BCUT2D eigenvalue weighted by Crippen LogP contribution is -1.80. The lowest BCUT2D eigenvalue weighted by atomic mass is 10.1. The number of ether oxygens (including phenoxy) is 1. The van der Waals surface area contributed by atoms with E-state index in [9.17, 15) is 0 Å². The van der Waals surface area contributed by atoms with Crippen molar-refractivity contribution in [2.24, 2.45) is 0 Å². The van der Waals surface area contributed by atoms with E-state index in [2.05, 4.69) is 58.4 Å². The Morgan fingerprint density at radius 1 is 0.850 bits per heavy atom. The second-order valence-corrected chi connectivity index (χ2v) is 6.80. The summed E-state index contributed by atoms with van der Waals surface area (Å²) in [7, 11) is 1.71. The summed E-state index contributed by atoms with van der Waals surface area (Å²) in [4.78, 5) is 0. The standard InChI is InChI=1S/C17H11BrOS/c1-19-13-4-5-16-15(9-13)14-7-11-6-12(18)3-2-10(11)8-17(14)20-16/h2-9H,1H3. The lowest BCUT2D eigenvalue weighted by Gasteiger charge is -2.01. The zero-order valence-electron chi connectivity index (χ0n) is 10.8. The van der Waals surface area contributed by atoms with E-state index in [-0.39, 0.29) is 0 Å². The highest BCUT2D eigenvalue weighted by Crippen LogP contribution is 2.38. The summed E-state index contributed by atoms with van der Waals surface area (Å²) in [5.41, 5.74) is 0. The Morgan fingerprint density at radius 2 is 1.70 bits per heavy atom. The first-order chi connectivity index (χ1) is 9.74. The molecule has 0 aliphatic carbocycles. The first kappa shape index (κ1) is 12.2. The molecule has 0 amide bonds. The number of benzene rings is 3. The smallest absolute Gasteiger partial charge is 0.119 e. The van der Waals surface area contributed by atoms with Gasteiger partial charge in [0.15, 0.2) is 0 Å². The Bertz CT molecular complexity index is 955. The maximum Gasteiger partial charge on any atom is 0.119 e. The average molecular weight is 343 g/mol. The molecule has 0 N–H and O–H groups in total. The molecule has 1 aromatic heterocycles. The van der Waals surface area contributed by atoms with Crippen LogP contribution in [0.1, 0.15) is 0 Å².